The third-order valence-electron chi connectivity index (χ3n) is 2.11. The quantitative estimate of drug-likeness (QED) is 0.819. The lowest BCUT2D eigenvalue weighted by Gasteiger charge is -2.08. The molecule has 2 rings (SSSR count). The molecular weight excluding hydrogens is 221 g/mol. The predicted octanol–water partition coefficient (Wildman–Crippen LogP) is 1.81. The maximum absolute atomic E-state index is 13.3. The largest absolute Gasteiger partial charge is 0.381 e. The number of rotatable bonds is 2. The fourth-order valence-corrected chi connectivity index (χ4v) is 1.31. The van der Waals surface area contributed by atoms with Crippen molar-refractivity contribution >= 4 is 17.3 Å². The Hall–Kier alpha value is -2.68. The van der Waals surface area contributed by atoms with Gasteiger partial charge in [-0.1, -0.05) is 6.07 Å². The molecule has 0 bridgehead atoms. The smallest absolute Gasteiger partial charge is 0.173 e. The number of nitrogen functional groups attached to an aromatic ring is 1. The van der Waals surface area contributed by atoms with Crippen molar-refractivity contribution in [3.63, 3.8) is 0 Å². The summed E-state index contributed by atoms with van der Waals surface area (Å²) in [4.78, 5) is 7.78. The zero-order valence-corrected chi connectivity index (χ0v) is 8.68. The molecule has 84 valence electrons. The second-order valence-electron chi connectivity index (χ2n) is 3.19. The molecule has 1 aromatic carbocycles. The summed E-state index contributed by atoms with van der Waals surface area (Å²) in [6.45, 7) is 0. The van der Waals surface area contributed by atoms with E-state index in [0.29, 0.717) is 5.69 Å². The van der Waals surface area contributed by atoms with E-state index in [2.05, 4.69) is 15.3 Å². The lowest BCUT2D eigenvalue weighted by atomic mass is 10.2. The fourth-order valence-electron chi connectivity index (χ4n) is 1.31. The van der Waals surface area contributed by atoms with Gasteiger partial charge in [0.25, 0.3) is 0 Å². The van der Waals surface area contributed by atoms with E-state index in [1.54, 1.807) is 12.1 Å². The van der Waals surface area contributed by atoms with Crippen molar-refractivity contribution in [2.24, 2.45) is 0 Å². The van der Waals surface area contributed by atoms with Gasteiger partial charge in [0, 0.05) is 12.4 Å². The minimum Gasteiger partial charge on any atom is -0.381 e. The third-order valence-corrected chi connectivity index (χ3v) is 2.11. The molecule has 1 heterocycles. The first-order valence-electron chi connectivity index (χ1n) is 4.74. The molecule has 17 heavy (non-hydrogen) atoms. The lowest BCUT2D eigenvalue weighted by molar-refractivity contribution is 0.624. The van der Waals surface area contributed by atoms with Crippen LogP contribution in [0.5, 0.6) is 0 Å². The van der Waals surface area contributed by atoms with Crippen LogP contribution in [0.1, 0.15) is 5.56 Å². The fraction of sp³-hybridized carbons (Fsp3) is 0. The summed E-state index contributed by atoms with van der Waals surface area (Å²) in [6, 6.07) is 6.05. The van der Waals surface area contributed by atoms with Gasteiger partial charge in [0.05, 0.1) is 5.69 Å². The highest BCUT2D eigenvalue weighted by molar-refractivity contribution is 5.69. The molecular formula is C11H8FN5. The van der Waals surface area contributed by atoms with Crippen LogP contribution in [0.3, 0.4) is 0 Å². The molecule has 1 aromatic heterocycles. The molecule has 0 aliphatic carbocycles. The van der Waals surface area contributed by atoms with Crippen LogP contribution in [-0.2, 0) is 0 Å². The van der Waals surface area contributed by atoms with Gasteiger partial charge in [-0.05, 0) is 12.1 Å². The normalized spacial score (nSPS) is 9.65. The molecule has 0 fully saturated rings. The Kier molecular flexibility index (Phi) is 2.83. The Morgan fingerprint density at radius 3 is 2.76 bits per heavy atom. The highest BCUT2D eigenvalue weighted by Crippen LogP contribution is 2.23. The van der Waals surface area contributed by atoms with Gasteiger partial charge in [-0.3, -0.25) is 0 Å². The molecule has 2 aromatic rings. The van der Waals surface area contributed by atoms with Crippen LogP contribution in [0.4, 0.5) is 21.7 Å². The van der Waals surface area contributed by atoms with E-state index in [1.165, 1.54) is 24.5 Å². The number of nitrogens with one attached hydrogen (secondary N) is 1. The van der Waals surface area contributed by atoms with Gasteiger partial charge in [0.1, 0.15) is 17.4 Å². The molecule has 0 atom stereocenters. The van der Waals surface area contributed by atoms with Crippen molar-refractivity contribution in [3.05, 3.63) is 42.0 Å². The van der Waals surface area contributed by atoms with Crippen LogP contribution in [0.2, 0.25) is 0 Å². The molecule has 0 amide bonds. The van der Waals surface area contributed by atoms with Crippen molar-refractivity contribution in [3.8, 4) is 6.07 Å². The minimum atomic E-state index is -0.597. The van der Waals surface area contributed by atoms with Gasteiger partial charge in [-0.15, -0.1) is 0 Å². The highest BCUT2D eigenvalue weighted by atomic mass is 19.1. The molecule has 0 spiro atoms. The third kappa shape index (κ3) is 2.13. The van der Waals surface area contributed by atoms with E-state index in [1.807, 2.05) is 0 Å². The zero-order valence-electron chi connectivity index (χ0n) is 8.68. The Labute approximate surface area is 96.7 Å². The van der Waals surface area contributed by atoms with Crippen LogP contribution >= 0.6 is 0 Å². The summed E-state index contributed by atoms with van der Waals surface area (Å²) < 4.78 is 13.3. The van der Waals surface area contributed by atoms with E-state index >= 15 is 0 Å². The number of nitrogens with zero attached hydrogens (tertiary/aromatic N) is 3. The van der Waals surface area contributed by atoms with Gasteiger partial charge in [-0.25, -0.2) is 14.4 Å². The highest BCUT2D eigenvalue weighted by Gasteiger charge is 2.09. The van der Waals surface area contributed by atoms with E-state index < -0.39 is 5.82 Å². The summed E-state index contributed by atoms with van der Waals surface area (Å²) in [6.07, 6.45) is 2.89. The van der Waals surface area contributed by atoms with Crippen molar-refractivity contribution in [1.82, 2.24) is 9.97 Å². The molecule has 0 aliphatic rings. The van der Waals surface area contributed by atoms with Crippen LogP contribution in [0.25, 0.3) is 0 Å². The Morgan fingerprint density at radius 1 is 1.29 bits per heavy atom. The predicted molar refractivity (Wildman–Crippen MR) is 60.8 cm³/mol. The number of hydrogen-bond donors (Lipinski definition) is 2. The molecule has 0 saturated heterocycles. The van der Waals surface area contributed by atoms with Gasteiger partial charge < -0.3 is 11.1 Å². The molecule has 6 heteroatoms. The summed E-state index contributed by atoms with van der Waals surface area (Å²) in [7, 11) is 0. The second-order valence-corrected chi connectivity index (χ2v) is 3.19. The van der Waals surface area contributed by atoms with Crippen molar-refractivity contribution in [2.75, 3.05) is 11.1 Å². The van der Waals surface area contributed by atoms with Gasteiger partial charge in [0.15, 0.2) is 11.6 Å². The van der Waals surface area contributed by atoms with Gasteiger partial charge in [0.2, 0.25) is 0 Å². The maximum atomic E-state index is 13.3. The van der Waals surface area contributed by atoms with Crippen molar-refractivity contribution in [1.29, 1.82) is 5.26 Å². The average Bonchev–Trinajstić information content (AvgIpc) is 2.32. The number of anilines is 3. The topological polar surface area (TPSA) is 87.6 Å². The molecule has 0 radical (unpaired) electrons. The Bertz CT molecular complexity index is 591. The summed E-state index contributed by atoms with van der Waals surface area (Å²) in [5, 5.41) is 11.6. The van der Waals surface area contributed by atoms with Crippen LogP contribution in [0, 0.1) is 17.1 Å². The average molecular weight is 229 g/mol. The standard InChI is InChI=1S/C11H8FN5/c12-8-2-1-3-9(7(8)6-13)17-11-10(14)15-4-5-16-11/h1-5H,(H2,14,15)(H,16,17). The molecule has 0 saturated carbocycles. The summed E-state index contributed by atoms with van der Waals surface area (Å²) in [5.74, 6) is -0.129. The van der Waals surface area contributed by atoms with E-state index in [0.717, 1.165) is 0 Å². The molecule has 0 aliphatic heterocycles. The number of nitrogens with two attached hydrogens (primary N) is 1. The molecule has 0 unspecified atom stereocenters. The number of benzene rings is 1. The maximum Gasteiger partial charge on any atom is 0.173 e. The van der Waals surface area contributed by atoms with Crippen LogP contribution in [0.15, 0.2) is 30.6 Å². The number of aromatic nitrogens is 2. The van der Waals surface area contributed by atoms with E-state index in [9.17, 15) is 4.39 Å². The van der Waals surface area contributed by atoms with E-state index in [-0.39, 0.29) is 17.2 Å². The first-order valence-corrected chi connectivity index (χ1v) is 4.74. The molecule has 5 nitrogen and oxygen atoms in total. The van der Waals surface area contributed by atoms with Crippen molar-refractivity contribution < 1.29 is 4.39 Å². The number of halogens is 1. The second kappa shape index (κ2) is 4.45. The number of nitriles is 1. The summed E-state index contributed by atoms with van der Waals surface area (Å²) in [5.41, 5.74) is 5.80. The van der Waals surface area contributed by atoms with Crippen molar-refractivity contribution in [2.45, 2.75) is 0 Å². The lowest BCUT2D eigenvalue weighted by Crippen LogP contribution is -2.02. The Morgan fingerprint density at radius 2 is 2.06 bits per heavy atom. The molecule has 3 N–H and O–H groups in total. The monoisotopic (exact) mass is 229 g/mol. The van der Waals surface area contributed by atoms with Gasteiger partial charge >= 0.3 is 0 Å². The number of hydrogen-bond acceptors (Lipinski definition) is 5. The first kappa shape index (κ1) is 10.8. The minimum absolute atomic E-state index is 0.0856. The van der Waals surface area contributed by atoms with Crippen LogP contribution in [-0.4, -0.2) is 9.97 Å². The van der Waals surface area contributed by atoms with Crippen LogP contribution < -0.4 is 11.1 Å². The van der Waals surface area contributed by atoms with E-state index in [4.69, 9.17) is 11.0 Å². The van der Waals surface area contributed by atoms with Gasteiger partial charge in [-0.2, -0.15) is 5.26 Å². The Balaban J connectivity index is 2.41. The zero-order chi connectivity index (χ0) is 12.3. The first-order chi connectivity index (χ1) is 8.22. The SMILES string of the molecule is N#Cc1c(F)cccc1Nc1nccnc1N. The summed E-state index contributed by atoms with van der Waals surface area (Å²) >= 11 is 0.